The first-order valence-corrected chi connectivity index (χ1v) is 6.35. The summed E-state index contributed by atoms with van der Waals surface area (Å²) in [5.74, 6) is -0.532. The van der Waals surface area contributed by atoms with E-state index in [1.165, 1.54) is 12.3 Å². The SMILES string of the molecule is CC(C)(C)N/C=C(/C#N)C(=O)Nc1ccc(N)cc1Cl. The third kappa shape index (κ3) is 4.82. The fraction of sp³-hybridized carbons (Fsp3) is 0.286. The van der Waals surface area contributed by atoms with Crippen molar-refractivity contribution in [3.05, 3.63) is 35.0 Å². The van der Waals surface area contributed by atoms with Crippen LogP contribution >= 0.6 is 11.6 Å². The van der Waals surface area contributed by atoms with Gasteiger partial charge in [0.05, 0.1) is 10.7 Å². The third-order valence-electron chi connectivity index (χ3n) is 2.26. The van der Waals surface area contributed by atoms with Gasteiger partial charge in [0, 0.05) is 17.4 Å². The van der Waals surface area contributed by atoms with Crippen LogP contribution in [0.4, 0.5) is 11.4 Å². The maximum Gasteiger partial charge on any atom is 0.267 e. The first-order chi connectivity index (χ1) is 9.23. The number of hydrogen-bond acceptors (Lipinski definition) is 4. The van der Waals surface area contributed by atoms with Gasteiger partial charge in [0.1, 0.15) is 11.6 Å². The number of nitrogens with one attached hydrogen (secondary N) is 2. The number of nitrogen functional groups attached to an aromatic ring is 1. The number of amides is 1. The molecule has 0 bridgehead atoms. The van der Waals surface area contributed by atoms with E-state index < -0.39 is 5.91 Å². The van der Waals surface area contributed by atoms with Crippen molar-refractivity contribution in [2.45, 2.75) is 26.3 Å². The van der Waals surface area contributed by atoms with E-state index in [9.17, 15) is 4.79 Å². The van der Waals surface area contributed by atoms with Gasteiger partial charge < -0.3 is 16.4 Å². The summed E-state index contributed by atoms with van der Waals surface area (Å²) in [6.07, 6.45) is 1.39. The predicted octanol–water partition coefficient (Wildman–Crippen LogP) is 2.66. The van der Waals surface area contributed by atoms with E-state index in [4.69, 9.17) is 22.6 Å². The van der Waals surface area contributed by atoms with E-state index in [1.807, 2.05) is 26.8 Å². The molecule has 0 aliphatic rings. The first-order valence-electron chi connectivity index (χ1n) is 5.97. The zero-order valence-corrected chi connectivity index (χ0v) is 12.4. The van der Waals surface area contributed by atoms with Crippen molar-refractivity contribution in [3.8, 4) is 6.07 Å². The number of nitrogens with two attached hydrogens (primary N) is 1. The van der Waals surface area contributed by atoms with E-state index in [1.54, 1.807) is 12.1 Å². The van der Waals surface area contributed by atoms with Gasteiger partial charge in [0.2, 0.25) is 0 Å². The van der Waals surface area contributed by atoms with Crippen LogP contribution in [0.1, 0.15) is 20.8 Å². The fourth-order valence-electron chi connectivity index (χ4n) is 1.26. The predicted molar refractivity (Wildman–Crippen MR) is 81.1 cm³/mol. The summed E-state index contributed by atoms with van der Waals surface area (Å²) in [4.78, 5) is 12.0. The molecule has 20 heavy (non-hydrogen) atoms. The highest BCUT2D eigenvalue weighted by Gasteiger charge is 2.13. The standard InChI is InChI=1S/C14H17ClN4O/c1-14(2,3)18-8-9(7-16)13(20)19-12-5-4-10(17)6-11(12)15/h4-6,8,18H,17H2,1-3H3,(H,19,20)/b9-8-. The van der Waals surface area contributed by atoms with Gasteiger partial charge in [-0.3, -0.25) is 4.79 Å². The Labute approximate surface area is 123 Å². The minimum Gasteiger partial charge on any atom is -0.399 e. The molecule has 0 aromatic heterocycles. The second-order valence-corrected chi connectivity index (χ2v) is 5.66. The van der Waals surface area contributed by atoms with Gasteiger partial charge in [0.15, 0.2) is 0 Å². The number of nitriles is 1. The summed E-state index contributed by atoms with van der Waals surface area (Å²) in [5, 5.41) is 14.9. The Kier molecular flexibility index (Phi) is 5.00. The molecule has 6 heteroatoms. The second kappa shape index (κ2) is 6.31. The van der Waals surface area contributed by atoms with Gasteiger partial charge in [-0.2, -0.15) is 5.26 Å². The van der Waals surface area contributed by atoms with Crippen LogP contribution in [0, 0.1) is 11.3 Å². The molecule has 0 heterocycles. The lowest BCUT2D eigenvalue weighted by molar-refractivity contribution is -0.112. The molecule has 106 valence electrons. The van der Waals surface area contributed by atoms with E-state index in [-0.39, 0.29) is 11.1 Å². The van der Waals surface area contributed by atoms with E-state index in [0.717, 1.165) is 0 Å². The lowest BCUT2D eigenvalue weighted by atomic mass is 10.1. The van der Waals surface area contributed by atoms with Crippen LogP contribution in [0.25, 0.3) is 0 Å². The summed E-state index contributed by atoms with van der Waals surface area (Å²) in [5.41, 5.74) is 6.20. The summed E-state index contributed by atoms with van der Waals surface area (Å²) < 4.78 is 0. The smallest absolute Gasteiger partial charge is 0.267 e. The Bertz CT molecular complexity index is 582. The van der Waals surface area contributed by atoms with Gasteiger partial charge in [-0.05, 0) is 39.0 Å². The largest absolute Gasteiger partial charge is 0.399 e. The second-order valence-electron chi connectivity index (χ2n) is 5.26. The van der Waals surface area contributed by atoms with Crippen LogP contribution in [0.15, 0.2) is 30.0 Å². The maximum absolute atomic E-state index is 12.0. The average Bonchev–Trinajstić information content (AvgIpc) is 2.32. The maximum atomic E-state index is 12.0. The van der Waals surface area contributed by atoms with Crippen LogP contribution in [0.2, 0.25) is 5.02 Å². The van der Waals surface area contributed by atoms with Gasteiger partial charge in [-0.1, -0.05) is 11.6 Å². The van der Waals surface area contributed by atoms with Crippen molar-refractivity contribution in [1.29, 1.82) is 5.26 Å². The molecule has 0 aliphatic carbocycles. The molecular formula is C14H17ClN4O. The summed E-state index contributed by atoms with van der Waals surface area (Å²) in [6, 6.07) is 6.57. The minimum absolute atomic E-state index is 0.0344. The van der Waals surface area contributed by atoms with Crippen molar-refractivity contribution in [2.24, 2.45) is 0 Å². The quantitative estimate of drug-likeness (QED) is 0.454. The molecule has 4 N–H and O–H groups in total. The van der Waals surface area contributed by atoms with Crippen molar-refractivity contribution >= 4 is 28.9 Å². The zero-order chi connectivity index (χ0) is 15.3. The topological polar surface area (TPSA) is 90.9 Å². The molecule has 0 unspecified atom stereocenters. The van der Waals surface area contributed by atoms with Crippen LogP contribution in [-0.4, -0.2) is 11.4 Å². The third-order valence-corrected chi connectivity index (χ3v) is 2.57. The molecule has 5 nitrogen and oxygen atoms in total. The summed E-state index contributed by atoms with van der Waals surface area (Å²) >= 11 is 5.96. The highest BCUT2D eigenvalue weighted by Crippen LogP contribution is 2.24. The fourth-order valence-corrected chi connectivity index (χ4v) is 1.50. The zero-order valence-electron chi connectivity index (χ0n) is 11.6. The van der Waals surface area contributed by atoms with E-state index in [2.05, 4.69) is 10.6 Å². The lowest BCUT2D eigenvalue weighted by Crippen LogP contribution is -2.32. The van der Waals surface area contributed by atoms with Gasteiger partial charge in [-0.15, -0.1) is 0 Å². The number of rotatable bonds is 3. The Hall–Kier alpha value is -2.19. The molecule has 1 aromatic carbocycles. The number of benzene rings is 1. The van der Waals surface area contributed by atoms with Crippen molar-refractivity contribution in [3.63, 3.8) is 0 Å². The molecule has 1 amide bonds. The Morgan fingerprint density at radius 1 is 1.45 bits per heavy atom. The number of hydrogen-bond donors (Lipinski definition) is 3. The van der Waals surface area contributed by atoms with Crippen LogP contribution < -0.4 is 16.4 Å². The highest BCUT2D eigenvalue weighted by atomic mass is 35.5. The molecule has 0 saturated heterocycles. The summed E-state index contributed by atoms with van der Waals surface area (Å²) in [7, 11) is 0. The number of halogens is 1. The molecule has 1 aromatic rings. The normalized spacial score (nSPS) is 11.7. The Morgan fingerprint density at radius 3 is 2.60 bits per heavy atom. The number of carbonyl (C=O) groups excluding carboxylic acids is 1. The van der Waals surface area contributed by atoms with Crippen molar-refractivity contribution < 1.29 is 4.79 Å². The van der Waals surface area contributed by atoms with E-state index in [0.29, 0.717) is 16.4 Å². The monoisotopic (exact) mass is 292 g/mol. The van der Waals surface area contributed by atoms with Crippen LogP contribution in [0.3, 0.4) is 0 Å². The number of anilines is 2. The molecule has 0 spiro atoms. The molecule has 0 atom stereocenters. The molecular weight excluding hydrogens is 276 g/mol. The van der Waals surface area contributed by atoms with Gasteiger partial charge >= 0.3 is 0 Å². The number of nitrogens with zero attached hydrogens (tertiary/aromatic N) is 1. The van der Waals surface area contributed by atoms with E-state index >= 15 is 0 Å². The van der Waals surface area contributed by atoms with Crippen LogP contribution in [0.5, 0.6) is 0 Å². The van der Waals surface area contributed by atoms with Crippen LogP contribution in [-0.2, 0) is 4.79 Å². The average molecular weight is 293 g/mol. The van der Waals surface area contributed by atoms with Crippen molar-refractivity contribution in [1.82, 2.24) is 5.32 Å². The molecule has 0 aliphatic heterocycles. The molecule has 1 rings (SSSR count). The molecule has 0 radical (unpaired) electrons. The molecule has 0 saturated carbocycles. The Morgan fingerprint density at radius 2 is 2.10 bits per heavy atom. The van der Waals surface area contributed by atoms with Crippen molar-refractivity contribution in [2.75, 3.05) is 11.1 Å². The molecule has 0 fully saturated rings. The highest BCUT2D eigenvalue weighted by molar-refractivity contribution is 6.34. The first kappa shape index (κ1) is 15.9. The number of carbonyl (C=O) groups is 1. The van der Waals surface area contributed by atoms with Gasteiger partial charge in [0.25, 0.3) is 5.91 Å². The Balaban J connectivity index is 2.86. The minimum atomic E-state index is -0.532. The van der Waals surface area contributed by atoms with Gasteiger partial charge in [-0.25, -0.2) is 0 Å². The lowest BCUT2D eigenvalue weighted by Gasteiger charge is -2.18. The summed E-state index contributed by atoms with van der Waals surface area (Å²) in [6.45, 7) is 5.77.